The zero-order valence-corrected chi connectivity index (χ0v) is 18.8. The highest BCUT2D eigenvalue weighted by Crippen LogP contribution is 2.43. The highest BCUT2D eigenvalue weighted by molar-refractivity contribution is 5.94. The molecule has 1 aromatic carbocycles. The molecule has 0 bridgehead atoms. The molecule has 1 saturated heterocycles. The van der Waals surface area contributed by atoms with Gasteiger partial charge in [0.15, 0.2) is 5.69 Å². The molecule has 0 unspecified atom stereocenters. The third kappa shape index (κ3) is 3.98. The Morgan fingerprint density at radius 3 is 2.69 bits per heavy atom. The number of nitrogens with zero attached hydrogens (tertiary/aromatic N) is 4. The first-order valence-corrected chi connectivity index (χ1v) is 11.3. The Morgan fingerprint density at radius 1 is 1.16 bits per heavy atom. The van der Waals surface area contributed by atoms with Crippen molar-refractivity contribution in [2.45, 2.75) is 37.9 Å². The van der Waals surface area contributed by atoms with Crippen molar-refractivity contribution in [3.8, 4) is 0 Å². The number of aromatic nitrogens is 2. The molecule has 1 spiro atoms. The third-order valence-corrected chi connectivity index (χ3v) is 7.10. The Hall–Kier alpha value is -2.91. The summed E-state index contributed by atoms with van der Waals surface area (Å²) in [6.07, 6.45) is 3.23. The van der Waals surface area contributed by atoms with Gasteiger partial charge >= 0.3 is 6.03 Å². The van der Waals surface area contributed by atoms with Gasteiger partial charge in [-0.2, -0.15) is 5.10 Å². The van der Waals surface area contributed by atoms with Crippen LogP contribution in [0.5, 0.6) is 0 Å². The van der Waals surface area contributed by atoms with Crippen molar-refractivity contribution >= 4 is 17.6 Å². The molecule has 3 heterocycles. The predicted molar refractivity (Wildman–Crippen MR) is 121 cm³/mol. The van der Waals surface area contributed by atoms with Gasteiger partial charge in [0.2, 0.25) is 0 Å². The van der Waals surface area contributed by atoms with Gasteiger partial charge in [0.05, 0.1) is 0 Å². The minimum atomic E-state index is -0.160. The normalized spacial score (nSPS) is 19.5. The molecule has 1 aromatic heterocycles. The Morgan fingerprint density at radius 2 is 1.94 bits per heavy atom. The molecule has 1 saturated carbocycles. The van der Waals surface area contributed by atoms with E-state index in [0.717, 1.165) is 55.1 Å². The Labute approximate surface area is 188 Å². The smallest absolute Gasteiger partial charge is 0.321 e. The first kappa shape index (κ1) is 21.0. The van der Waals surface area contributed by atoms with Gasteiger partial charge in [-0.15, -0.1) is 0 Å². The topological polar surface area (TPSA) is 94.5 Å². The molecule has 0 radical (unpaired) electrons. The van der Waals surface area contributed by atoms with E-state index in [1.807, 2.05) is 40.9 Å². The first-order valence-electron chi connectivity index (χ1n) is 11.3. The summed E-state index contributed by atoms with van der Waals surface area (Å²) in [4.78, 5) is 29.7. The lowest BCUT2D eigenvalue weighted by atomic mass is 10.1. The lowest BCUT2D eigenvalue weighted by Gasteiger charge is -2.40. The number of aryl methyl sites for hydroxylation is 1. The van der Waals surface area contributed by atoms with Crippen LogP contribution in [0.2, 0.25) is 0 Å². The zero-order valence-electron chi connectivity index (χ0n) is 18.8. The van der Waals surface area contributed by atoms with Gasteiger partial charge in [-0.05, 0) is 37.6 Å². The Balaban J connectivity index is 1.15. The molecule has 9 nitrogen and oxygen atoms in total. The molecule has 3 aliphatic rings. The average molecular weight is 438 g/mol. The summed E-state index contributed by atoms with van der Waals surface area (Å²) in [7, 11) is 4.04. The number of fused-ring (bicyclic) bond motifs is 1. The number of nitrogens with one attached hydrogen (secondary N) is 3. The SMILES string of the molecule is CN1CCN(C(=O)Nc2ccc(CNC(=O)c3nn(C)c4c3CNCC4)cc2)CC12CC2. The number of amides is 3. The van der Waals surface area contributed by atoms with Crippen molar-refractivity contribution in [1.82, 2.24) is 30.2 Å². The van der Waals surface area contributed by atoms with Gasteiger partial charge in [0, 0.05) is 75.2 Å². The maximum absolute atomic E-state index is 12.7. The number of carbonyl (C=O) groups is 2. The van der Waals surface area contributed by atoms with E-state index in [-0.39, 0.29) is 17.5 Å². The number of urea groups is 1. The fourth-order valence-electron chi connectivity index (χ4n) is 4.80. The van der Waals surface area contributed by atoms with E-state index >= 15 is 0 Å². The highest BCUT2D eigenvalue weighted by atomic mass is 16.2. The minimum Gasteiger partial charge on any atom is -0.347 e. The van der Waals surface area contributed by atoms with Crippen molar-refractivity contribution < 1.29 is 9.59 Å². The number of hydrogen-bond acceptors (Lipinski definition) is 5. The van der Waals surface area contributed by atoms with E-state index in [9.17, 15) is 9.59 Å². The largest absolute Gasteiger partial charge is 0.347 e. The summed E-state index contributed by atoms with van der Waals surface area (Å²) in [6, 6.07) is 7.58. The van der Waals surface area contributed by atoms with E-state index in [1.54, 1.807) is 0 Å². The molecule has 3 N–H and O–H groups in total. The van der Waals surface area contributed by atoms with Crippen LogP contribution in [0, 0.1) is 0 Å². The van der Waals surface area contributed by atoms with Crippen LogP contribution >= 0.6 is 0 Å². The van der Waals surface area contributed by atoms with Crippen molar-refractivity contribution in [3.05, 3.63) is 46.8 Å². The van der Waals surface area contributed by atoms with Crippen molar-refractivity contribution in [2.75, 3.05) is 38.5 Å². The molecular weight excluding hydrogens is 406 g/mol. The standard InChI is InChI=1S/C23H31N7O2/c1-28-11-12-30(15-23(28)8-9-23)22(32)26-17-5-3-16(4-6-17)13-25-21(31)20-18-14-24-10-7-19(18)29(2)27-20/h3-6,24H,7-15H2,1-2H3,(H,25,31)(H,26,32). The molecule has 5 rings (SSSR count). The van der Waals surface area contributed by atoms with E-state index in [1.165, 1.54) is 12.8 Å². The average Bonchev–Trinajstić information content (AvgIpc) is 3.50. The first-order chi connectivity index (χ1) is 15.4. The third-order valence-electron chi connectivity index (χ3n) is 7.10. The van der Waals surface area contributed by atoms with Gasteiger partial charge in [-0.1, -0.05) is 12.1 Å². The van der Waals surface area contributed by atoms with Crippen LogP contribution in [0.4, 0.5) is 10.5 Å². The van der Waals surface area contributed by atoms with E-state index in [4.69, 9.17) is 0 Å². The predicted octanol–water partition coefficient (Wildman–Crippen LogP) is 1.31. The fraction of sp³-hybridized carbons (Fsp3) is 0.522. The second kappa shape index (κ2) is 8.22. The van der Waals surface area contributed by atoms with Gasteiger partial charge < -0.3 is 20.9 Å². The van der Waals surface area contributed by atoms with Crippen LogP contribution in [0.25, 0.3) is 0 Å². The molecule has 0 atom stereocenters. The second-order valence-corrected chi connectivity index (χ2v) is 9.20. The second-order valence-electron chi connectivity index (χ2n) is 9.20. The highest BCUT2D eigenvalue weighted by Gasteiger charge is 2.50. The molecule has 9 heteroatoms. The number of rotatable bonds is 4. The molecule has 2 aliphatic heterocycles. The summed E-state index contributed by atoms with van der Waals surface area (Å²) in [5, 5.41) is 13.7. The molecule has 2 aromatic rings. The van der Waals surface area contributed by atoms with Crippen LogP contribution in [-0.2, 0) is 26.6 Å². The summed E-state index contributed by atoms with van der Waals surface area (Å²) in [5.41, 5.74) is 4.56. The van der Waals surface area contributed by atoms with Gasteiger partial charge in [-0.3, -0.25) is 14.4 Å². The van der Waals surface area contributed by atoms with Gasteiger partial charge in [0.1, 0.15) is 0 Å². The number of carbonyl (C=O) groups excluding carboxylic acids is 2. The fourth-order valence-corrected chi connectivity index (χ4v) is 4.80. The minimum absolute atomic E-state index is 0.0426. The van der Waals surface area contributed by atoms with Crippen molar-refractivity contribution in [3.63, 3.8) is 0 Å². The quantitative estimate of drug-likeness (QED) is 0.671. The van der Waals surface area contributed by atoms with Gasteiger partial charge in [-0.25, -0.2) is 4.79 Å². The summed E-state index contributed by atoms with van der Waals surface area (Å²) >= 11 is 0. The number of benzene rings is 1. The molecule has 170 valence electrons. The van der Waals surface area contributed by atoms with Crippen LogP contribution in [0.1, 0.15) is 40.2 Å². The maximum Gasteiger partial charge on any atom is 0.321 e. The monoisotopic (exact) mass is 437 g/mol. The Kier molecular flexibility index (Phi) is 5.38. The Bertz CT molecular complexity index is 1030. The summed E-state index contributed by atoms with van der Waals surface area (Å²) in [5.74, 6) is -0.160. The maximum atomic E-state index is 12.7. The molecule has 3 amide bonds. The summed E-state index contributed by atoms with van der Waals surface area (Å²) < 4.78 is 1.81. The lowest BCUT2D eigenvalue weighted by Crippen LogP contribution is -2.55. The zero-order chi connectivity index (χ0) is 22.3. The van der Waals surface area contributed by atoms with E-state index in [0.29, 0.717) is 18.8 Å². The molecule has 1 aliphatic carbocycles. The van der Waals surface area contributed by atoms with Crippen molar-refractivity contribution in [2.24, 2.45) is 7.05 Å². The lowest BCUT2D eigenvalue weighted by molar-refractivity contribution is 0.0944. The van der Waals surface area contributed by atoms with Gasteiger partial charge in [0.25, 0.3) is 5.91 Å². The van der Waals surface area contributed by atoms with Crippen LogP contribution < -0.4 is 16.0 Å². The van der Waals surface area contributed by atoms with Crippen LogP contribution in [-0.4, -0.2) is 70.3 Å². The molecular formula is C23H31N7O2. The number of hydrogen-bond donors (Lipinski definition) is 3. The molecule has 2 fully saturated rings. The number of piperazine rings is 1. The van der Waals surface area contributed by atoms with Crippen LogP contribution in [0.3, 0.4) is 0 Å². The van der Waals surface area contributed by atoms with E-state index < -0.39 is 0 Å². The number of likely N-dealkylation sites (N-methyl/N-ethyl adjacent to an activating group) is 1. The van der Waals surface area contributed by atoms with Crippen LogP contribution in [0.15, 0.2) is 24.3 Å². The summed E-state index contributed by atoms with van der Waals surface area (Å²) in [6.45, 7) is 4.46. The van der Waals surface area contributed by atoms with E-state index in [2.05, 4.69) is 33.0 Å². The van der Waals surface area contributed by atoms with Crippen molar-refractivity contribution in [1.29, 1.82) is 0 Å². The molecule has 32 heavy (non-hydrogen) atoms. The number of anilines is 1.